The predicted molar refractivity (Wildman–Crippen MR) is 94.1 cm³/mol. The highest BCUT2D eigenvalue weighted by Gasteiger charge is 2.43. The number of morpholine rings is 1. The maximum absolute atomic E-state index is 6.16. The van der Waals surface area contributed by atoms with E-state index in [0.29, 0.717) is 6.04 Å². The maximum atomic E-state index is 6.16. The minimum atomic E-state index is 0.239. The van der Waals surface area contributed by atoms with Crippen molar-refractivity contribution in [3.05, 3.63) is 40.8 Å². The fraction of sp³-hybridized carbons (Fsp3) is 0.611. The first-order valence-electron chi connectivity index (χ1n) is 8.87. The summed E-state index contributed by atoms with van der Waals surface area (Å²) in [5, 5.41) is 6.39. The molecule has 3 heterocycles. The van der Waals surface area contributed by atoms with E-state index in [1.807, 2.05) is 34.5 Å². The van der Waals surface area contributed by atoms with Crippen molar-refractivity contribution >= 4 is 11.3 Å². The van der Waals surface area contributed by atoms with E-state index in [2.05, 4.69) is 27.5 Å². The lowest BCUT2D eigenvalue weighted by Gasteiger charge is -2.38. The molecule has 2 aromatic rings. The van der Waals surface area contributed by atoms with Gasteiger partial charge in [0.25, 0.3) is 0 Å². The van der Waals surface area contributed by atoms with Crippen LogP contribution >= 0.6 is 11.3 Å². The van der Waals surface area contributed by atoms with Crippen molar-refractivity contribution in [1.29, 1.82) is 0 Å². The van der Waals surface area contributed by atoms with Crippen LogP contribution < -0.4 is 0 Å². The molecule has 4 rings (SSSR count). The fourth-order valence-corrected chi connectivity index (χ4v) is 4.59. The summed E-state index contributed by atoms with van der Waals surface area (Å²) in [7, 11) is 0. The molecular formula is C18H25N3O2S. The van der Waals surface area contributed by atoms with Crippen molar-refractivity contribution in [3.63, 3.8) is 0 Å². The van der Waals surface area contributed by atoms with Gasteiger partial charge in [-0.2, -0.15) is 5.10 Å². The van der Waals surface area contributed by atoms with Gasteiger partial charge in [-0.25, -0.2) is 0 Å². The van der Waals surface area contributed by atoms with Gasteiger partial charge in [-0.3, -0.25) is 9.58 Å². The second kappa shape index (κ2) is 7.78. The Hall–Kier alpha value is -1.21. The van der Waals surface area contributed by atoms with Gasteiger partial charge in [0.2, 0.25) is 0 Å². The molecule has 1 saturated carbocycles. The molecular weight excluding hydrogens is 322 g/mol. The van der Waals surface area contributed by atoms with Crippen LogP contribution in [0, 0.1) is 0 Å². The molecule has 5 nitrogen and oxygen atoms in total. The van der Waals surface area contributed by atoms with Crippen LogP contribution in [0.1, 0.15) is 24.1 Å². The number of ether oxygens (including phenoxy) is 2. The Morgan fingerprint density at radius 1 is 1.33 bits per heavy atom. The van der Waals surface area contributed by atoms with E-state index in [1.165, 1.54) is 11.3 Å². The molecule has 24 heavy (non-hydrogen) atoms. The van der Waals surface area contributed by atoms with Crippen LogP contribution in [-0.4, -0.2) is 52.7 Å². The number of aromatic nitrogens is 2. The van der Waals surface area contributed by atoms with Crippen LogP contribution in [-0.2, 0) is 22.6 Å². The molecule has 0 spiro atoms. The van der Waals surface area contributed by atoms with Gasteiger partial charge in [0.05, 0.1) is 18.8 Å². The van der Waals surface area contributed by atoms with Gasteiger partial charge < -0.3 is 9.47 Å². The van der Waals surface area contributed by atoms with Crippen LogP contribution in [0.25, 0.3) is 0 Å². The van der Waals surface area contributed by atoms with E-state index in [0.717, 1.165) is 45.7 Å². The number of aryl methyl sites for hydroxylation is 1. The summed E-state index contributed by atoms with van der Waals surface area (Å²) in [6.45, 7) is 4.60. The van der Waals surface area contributed by atoms with Crippen molar-refractivity contribution in [2.75, 3.05) is 19.8 Å². The lowest BCUT2D eigenvalue weighted by atomic mass is 10.1. The van der Waals surface area contributed by atoms with Gasteiger partial charge in [-0.1, -0.05) is 6.07 Å². The van der Waals surface area contributed by atoms with Crippen molar-refractivity contribution in [1.82, 2.24) is 14.7 Å². The van der Waals surface area contributed by atoms with Crippen LogP contribution in [0.4, 0.5) is 0 Å². The van der Waals surface area contributed by atoms with Crippen molar-refractivity contribution in [2.24, 2.45) is 0 Å². The normalized spacial score (nSPS) is 27.4. The monoisotopic (exact) mass is 347 g/mol. The minimum Gasteiger partial charge on any atom is -0.375 e. The lowest BCUT2D eigenvalue weighted by molar-refractivity contribution is -0.115. The molecule has 1 aliphatic carbocycles. The van der Waals surface area contributed by atoms with Crippen LogP contribution in [0.15, 0.2) is 36.0 Å². The molecule has 130 valence electrons. The van der Waals surface area contributed by atoms with Crippen molar-refractivity contribution in [3.8, 4) is 0 Å². The molecule has 0 bridgehead atoms. The Morgan fingerprint density at radius 3 is 3.17 bits per heavy atom. The van der Waals surface area contributed by atoms with Gasteiger partial charge in [0.15, 0.2) is 0 Å². The Balaban J connectivity index is 1.26. The molecule has 1 aliphatic heterocycles. The van der Waals surface area contributed by atoms with E-state index in [-0.39, 0.29) is 12.2 Å². The zero-order chi connectivity index (χ0) is 16.2. The molecule has 0 unspecified atom stereocenters. The third kappa shape index (κ3) is 3.72. The van der Waals surface area contributed by atoms with E-state index >= 15 is 0 Å². The minimum absolute atomic E-state index is 0.239. The molecule has 0 N–H and O–H groups in total. The molecule has 3 atom stereocenters. The molecule has 0 radical (unpaired) electrons. The number of rotatable bonds is 7. The Morgan fingerprint density at radius 2 is 2.33 bits per heavy atom. The Bertz CT molecular complexity index is 602. The second-order valence-corrected chi connectivity index (χ2v) is 7.59. The molecule has 0 aromatic carbocycles. The predicted octanol–water partition coefficient (Wildman–Crippen LogP) is 2.78. The number of fused-ring (bicyclic) bond motifs is 1. The van der Waals surface area contributed by atoms with Crippen LogP contribution in [0.3, 0.4) is 0 Å². The zero-order valence-electron chi connectivity index (χ0n) is 13.9. The quantitative estimate of drug-likeness (QED) is 0.722. The summed E-state index contributed by atoms with van der Waals surface area (Å²) in [5.74, 6) is 0. The summed E-state index contributed by atoms with van der Waals surface area (Å²) in [5.41, 5.74) is 0. The number of hydrogen-bond acceptors (Lipinski definition) is 5. The highest BCUT2D eigenvalue weighted by molar-refractivity contribution is 7.09. The van der Waals surface area contributed by atoms with Gasteiger partial charge in [-0.15, -0.1) is 11.3 Å². The fourth-order valence-electron chi connectivity index (χ4n) is 3.86. The highest BCUT2D eigenvalue weighted by atomic mass is 32.1. The van der Waals surface area contributed by atoms with Gasteiger partial charge in [-0.05, 0) is 36.8 Å². The highest BCUT2D eigenvalue weighted by Crippen LogP contribution is 2.33. The average Bonchev–Trinajstić information content (AvgIpc) is 3.34. The molecule has 2 aromatic heterocycles. The molecule has 0 amide bonds. The molecule has 6 heteroatoms. The lowest BCUT2D eigenvalue weighted by Crippen LogP contribution is -2.51. The summed E-state index contributed by atoms with van der Waals surface area (Å²) in [6, 6.07) is 6.84. The summed E-state index contributed by atoms with van der Waals surface area (Å²) in [6.07, 6.45) is 7.59. The van der Waals surface area contributed by atoms with E-state index in [4.69, 9.17) is 9.47 Å². The van der Waals surface area contributed by atoms with Crippen molar-refractivity contribution in [2.45, 2.75) is 50.6 Å². The summed E-state index contributed by atoms with van der Waals surface area (Å²) < 4.78 is 14.2. The topological polar surface area (TPSA) is 39.5 Å². The maximum Gasteiger partial charge on any atom is 0.0992 e. The number of thiophene rings is 1. The summed E-state index contributed by atoms with van der Waals surface area (Å²) >= 11 is 1.85. The first kappa shape index (κ1) is 16.3. The second-order valence-electron chi connectivity index (χ2n) is 6.56. The molecule has 2 fully saturated rings. The first-order valence-corrected chi connectivity index (χ1v) is 9.75. The SMILES string of the molecule is c1csc(CN2CCO[C@H]3[C@H](OCCCn4cccn4)CC[C@@H]32)c1. The molecule has 1 saturated heterocycles. The smallest absolute Gasteiger partial charge is 0.0992 e. The first-order chi connectivity index (χ1) is 11.9. The third-order valence-electron chi connectivity index (χ3n) is 5.01. The Labute approximate surface area is 147 Å². The number of hydrogen-bond donors (Lipinski definition) is 0. The standard InChI is InChI=1S/C18H25N3O2S/c1-4-15(24-13-1)14-20-10-12-23-18-16(20)5-6-17(18)22-11-3-9-21-8-2-7-19-21/h1-2,4,7-8,13,16-18H,3,5-6,9-12,14H2/t16-,17+,18+/m0/s1. The zero-order valence-corrected chi connectivity index (χ0v) is 14.7. The van der Waals surface area contributed by atoms with Gasteiger partial charge in [0.1, 0.15) is 0 Å². The van der Waals surface area contributed by atoms with E-state index in [1.54, 1.807) is 0 Å². The number of nitrogens with zero attached hydrogens (tertiary/aromatic N) is 3. The van der Waals surface area contributed by atoms with Crippen LogP contribution in [0.2, 0.25) is 0 Å². The average molecular weight is 347 g/mol. The van der Waals surface area contributed by atoms with Crippen molar-refractivity contribution < 1.29 is 9.47 Å². The molecule has 2 aliphatic rings. The van der Waals surface area contributed by atoms with Gasteiger partial charge >= 0.3 is 0 Å². The largest absolute Gasteiger partial charge is 0.375 e. The van der Waals surface area contributed by atoms with E-state index < -0.39 is 0 Å². The van der Waals surface area contributed by atoms with Crippen LogP contribution in [0.5, 0.6) is 0 Å². The Kier molecular flexibility index (Phi) is 5.27. The summed E-state index contributed by atoms with van der Waals surface area (Å²) in [4.78, 5) is 4.03. The van der Waals surface area contributed by atoms with Gasteiger partial charge in [0, 0.05) is 49.6 Å². The third-order valence-corrected chi connectivity index (χ3v) is 5.87. The van der Waals surface area contributed by atoms with E-state index in [9.17, 15) is 0 Å².